The Bertz CT molecular complexity index is 334. The second-order valence-corrected chi connectivity index (χ2v) is 5.40. The van der Waals surface area contributed by atoms with Crippen molar-refractivity contribution >= 4 is 11.9 Å². The number of hydrogen-bond acceptors (Lipinski definition) is 4. The smallest absolute Gasteiger partial charge is 0.320 e. The maximum absolute atomic E-state index is 12.3. The van der Waals surface area contributed by atoms with E-state index in [4.69, 9.17) is 5.11 Å². The highest BCUT2D eigenvalue weighted by Crippen LogP contribution is 2.17. The van der Waals surface area contributed by atoms with Crippen LogP contribution in [-0.2, 0) is 9.59 Å². The van der Waals surface area contributed by atoms with E-state index in [2.05, 4.69) is 5.32 Å². The zero-order valence-electron chi connectivity index (χ0n) is 11.5. The van der Waals surface area contributed by atoms with E-state index in [1.165, 1.54) is 0 Å². The van der Waals surface area contributed by atoms with Gasteiger partial charge in [0.2, 0.25) is 5.91 Å². The summed E-state index contributed by atoms with van der Waals surface area (Å²) >= 11 is 0. The summed E-state index contributed by atoms with van der Waals surface area (Å²) in [5, 5.41) is 12.2. The van der Waals surface area contributed by atoms with Crippen LogP contribution in [0.15, 0.2) is 0 Å². The molecule has 2 heterocycles. The van der Waals surface area contributed by atoms with Crippen molar-refractivity contribution in [2.45, 2.75) is 25.8 Å². The third-order valence-electron chi connectivity index (χ3n) is 4.22. The second kappa shape index (κ2) is 6.34. The Kier molecular flexibility index (Phi) is 4.76. The third-order valence-corrected chi connectivity index (χ3v) is 4.22. The molecule has 2 aliphatic heterocycles. The molecule has 2 aliphatic rings. The van der Waals surface area contributed by atoms with Crippen LogP contribution in [0.1, 0.15) is 19.8 Å². The molecule has 1 unspecified atom stereocenters. The fraction of sp³-hybridized carbons (Fsp3) is 0.846. The zero-order chi connectivity index (χ0) is 13.8. The average Bonchev–Trinajstić information content (AvgIpc) is 2.46. The Balaban J connectivity index is 1.82. The van der Waals surface area contributed by atoms with Crippen molar-refractivity contribution < 1.29 is 14.7 Å². The molecule has 0 radical (unpaired) electrons. The molecule has 19 heavy (non-hydrogen) atoms. The minimum atomic E-state index is -0.793. The number of rotatable bonds is 3. The van der Waals surface area contributed by atoms with Crippen LogP contribution in [0.25, 0.3) is 0 Å². The van der Waals surface area contributed by atoms with E-state index in [1.807, 2.05) is 9.80 Å². The summed E-state index contributed by atoms with van der Waals surface area (Å²) in [4.78, 5) is 27.1. The molecular weight excluding hydrogens is 246 g/mol. The van der Waals surface area contributed by atoms with Gasteiger partial charge in [0.25, 0.3) is 0 Å². The number of carbonyl (C=O) groups is 2. The maximum atomic E-state index is 12.3. The SMILES string of the molecule is CC(C(=O)O)N1CCN(C(=O)C2CCNCC2)CC1. The zero-order valence-corrected chi connectivity index (χ0v) is 11.5. The number of aliphatic carboxylic acids is 1. The van der Waals surface area contributed by atoms with Crippen LogP contribution < -0.4 is 5.32 Å². The first-order valence-electron chi connectivity index (χ1n) is 7.06. The van der Waals surface area contributed by atoms with Crippen LogP contribution in [0.2, 0.25) is 0 Å². The van der Waals surface area contributed by atoms with Gasteiger partial charge >= 0.3 is 5.97 Å². The summed E-state index contributed by atoms with van der Waals surface area (Å²) in [5.41, 5.74) is 0. The lowest BCUT2D eigenvalue weighted by atomic mass is 9.96. The van der Waals surface area contributed by atoms with Crippen molar-refractivity contribution in [1.82, 2.24) is 15.1 Å². The summed E-state index contributed by atoms with van der Waals surface area (Å²) in [6.45, 7) is 6.17. The monoisotopic (exact) mass is 269 g/mol. The van der Waals surface area contributed by atoms with Gasteiger partial charge in [-0.15, -0.1) is 0 Å². The molecule has 0 aromatic rings. The van der Waals surface area contributed by atoms with Gasteiger partial charge in [-0.25, -0.2) is 0 Å². The van der Waals surface area contributed by atoms with Gasteiger partial charge in [-0.3, -0.25) is 14.5 Å². The van der Waals surface area contributed by atoms with E-state index in [-0.39, 0.29) is 11.8 Å². The van der Waals surface area contributed by atoms with Crippen LogP contribution in [-0.4, -0.2) is 72.1 Å². The molecule has 0 aromatic carbocycles. The predicted octanol–water partition coefficient (Wildman–Crippen LogP) is -0.397. The Labute approximate surface area is 113 Å². The van der Waals surface area contributed by atoms with Gasteiger partial charge in [-0.05, 0) is 32.9 Å². The average molecular weight is 269 g/mol. The normalized spacial score (nSPS) is 24.2. The molecule has 0 spiro atoms. The number of carboxylic acid groups (broad SMARTS) is 1. The Hall–Kier alpha value is -1.14. The summed E-state index contributed by atoms with van der Waals surface area (Å²) in [6.07, 6.45) is 1.84. The fourth-order valence-electron chi connectivity index (χ4n) is 2.81. The first kappa shape index (κ1) is 14.3. The van der Waals surface area contributed by atoms with E-state index in [1.54, 1.807) is 6.92 Å². The Morgan fingerprint density at radius 2 is 1.74 bits per heavy atom. The number of piperidine rings is 1. The Morgan fingerprint density at radius 3 is 2.26 bits per heavy atom. The highest BCUT2D eigenvalue weighted by Gasteiger charge is 2.30. The van der Waals surface area contributed by atoms with Crippen LogP contribution in [0.4, 0.5) is 0 Å². The van der Waals surface area contributed by atoms with Gasteiger partial charge < -0.3 is 15.3 Å². The highest BCUT2D eigenvalue weighted by molar-refractivity contribution is 5.79. The van der Waals surface area contributed by atoms with E-state index >= 15 is 0 Å². The van der Waals surface area contributed by atoms with Crippen molar-refractivity contribution in [3.63, 3.8) is 0 Å². The molecule has 6 heteroatoms. The summed E-state index contributed by atoms with van der Waals surface area (Å²) in [5.74, 6) is -0.382. The summed E-state index contributed by atoms with van der Waals surface area (Å²) < 4.78 is 0. The minimum absolute atomic E-state index is 0.157. The molecule has 0 bridgehead atoms. The largest absolute Gasteiger partial charge is 0.480 e. The molecule has 2 fully saturated rings. The number of hydrogen-bond donors (Lipinski definition) is 2. The number of carbonyl (C=O) groups excluding carboxylic acids is 1. The number of nitrogens with zero attached hydrogens (tertiary/aromatic N) is 2. The molecule has 2 N–H and O–H groups in total. The van der Waals surface area contributed by atoms with Crippen molar-refractivity contribution in [1.29, 1.82) is 0 Å². The van der Waals surface area contributed by atoms with Gasteiger partial charge in [-0.2, -0.15) is 0 Å². The molecule has 2 saturated heterocycles. The molecule has 0 saturated carbocycles. The lowest BCUT2D eigenvalue weighted by Gasteiger charge is -2.38. The Morgan fingerprint density at radius 1 is 1.16 bits per heavy atom. The molecule has 0 aromatic heterocycles. The summed E-state index contributed by atoms with van der Waals surface area (Å²) in [7, 11) is 0. The van der Waals surface area contributed by atoms with Crippen molar-refractivity contribution in [3.05, 3.63) is 0 Å². The minimum Gasteiger partial charge on any atom is -0.480 e. The summed E-state index contributed by atoms with van der Waals surface area (Å²) in [6, 6.07) is -0.462. The molecule has 6 nitrogen and oxygen atoms in total. The third kappa shape index (κ3) is 3.45. The number of piperazine rings is 1. The fourth-order valence-corrected chi connectivity index (χ4v) is 2.81. The quantitative estimate of drug-likeness (QED) is 0.729. The second-order valence-electron chi connectivity index (χ2n) is 5.40. The molecule has 108 valence electrons. The standard InChI is InChI=1S/C13H23N3O3/c1-10(13(18)19)15-6-8-16(9-7-15)12(17)11-2-4-14-5-3-11/h10-11,14H,2-9H2,1H3,(H,18,19). The van der Waals surface area contributed by atoms with Crippen LogP contribution in [0, 0.1) is 5.92 Å². The lowest BCUT2D eigenvalue weighted by Crippen LogP contribution is -2.54. The first-order valence-corrected chi connectivity index (χ1v) is 7.06. The highest BCUT2D eigenvalue weighted by atomic mass is 16.4. The van der Waals surface area contributed by atoms with E-state index in [0.29, 0.717) is 26.2 Å². The number of carboxylic acids is 1. The van der Waals surface area contributed by atoms with Crippen molar-refractivity contribution in [2.24, 2.45) is 5.92 Å². The van der Waals surface area contributed by atoms with Crippen LogP contribution >= 0.6 is 0 Å². The van der Waals surface area contributed by atoms with Gasteiger partial charge in [0.05, 0.1) is 0 Å². The topological polar surface area (TPSA) is 72.9 Å². The van der Waals surface area contributed by atoms with Gasteiger partial charge in [-0.1, -0.05) is 0 Å². The molecule has 1 amide bonds. The van der Waals surface area contributed by atoms with Crippen molar-refractivity contribution in [2.75, 3.05) is 39.3 Å². The van der Waals surface area contributed by atoms with E-state index < -0.39 is 12.0 Å². The van der Waals surface area contributed by atoms with Crippen LogP contribution in [0.3, 0.4) is 0 Å². The van der Waals surface area contributed by atoms with Gasteiger partial charge in [0.15, 0.2) is 0 Å². The lowest BCUT2D eigenvalue weighted by molar-refractivity contribution is -0.144. The molecule has 0 aliphatic carbocycles. The van der Waals surface area contributed by atoms with Crippen molar-refractivity contribution in [3.8, 4) is 0 Å². The first-order chi connectivity index (χ1) is 9.09. The molecular formula is C13H23N3O3. The molecule has 2 rings (SSSR count). The van der Waals surface area contributed by atoms with Gasteiger partial charge in [0.1, 0.15) is 6.04 Å². The van der Waals surface area contributed by atoms with Gasteiger partial charge in [0, 0.05) is 32.1 Å². The number of nitrogens with one attached hydrogen (secondary N) is 1. The molecule has 1 atom stereocenters. The predicted molar refractivity (Wildman–Crippen MR) is 70.8 cm³/mol. The van der Waals surface area contributed by atoms with E-state index in [0.717, 1.165) is 25.9 Å². The van der Waals surface area contributed by atoms with Crippen LogP contribution in [0.5, 0.6) is 0 Å². The number of amides is 1. The van der Waals surface area contributed by atoms with E-state index in [9.17, 15) is 9.59 Å². The maximum Gasteiger partial charge on any atom is 0.320 e.